The van der Waals surface area contributed by atoms with Crippen molar-refractivity contribution in [3.05, 3.63) is 35.8 Å². The number of hydrogen-bond acceptors (Lipinski definition) is 4. The second-order valence-electron chi connectivity index (χ2n) is 6.28. The minimum atomic E-state index is -4.60. The van der Waals surface area contributed by atoms with Gasteiger partial charge in [0.25, 0.3) is 5.95 Å². The van der Waals surface area contributed by atoms with Crippen molar-refractivity contribution in [2.75, 3.05) is 5.73 Å². The molecule has 0 aromatic carbocycles. The van der Waals surface area contributed by atoms with Gasteiger partial charge in [0.2, 0.25) is 0 Å². The molecule has 1 aliphatic rings. The minimum absolute atomic E-state index is 0.0178. The first-order valence-electron chi connectivity index (χ1n) is 7.71. The number of rotatable bonds is 2. The van der Waals surface area contributed by atoms with E-state index in [1.54, 1.807) is 6.07 Å². The number of allylic oxidation sites excluding steroid dienone is 2. The van der Waals surface area contributed by atoms with E-state index in [1.807, 2.05) is 19.9 Å². The van der Waals surface area contributed by atoms with Crippen LogP contribution in [-0.2, 0) is 6.18 Å². The predicted molar refractivity (Wildman–Crippen MR) is 84.1 cm³/mol. The van der Waals surface area contributed by atoms with Crippen molar-refractivity contribution in [1.82, 2.24) is 19.7 Å². The zero-order chi connectivity index (χ0) is 17.5. The second kappa shape index (κ2) is 5.92. The van der Waals surface area contributed by atoms with Gasteiger partial charge in [0, 0.05) is 12.4 Å². The lowest BCUT2D eigenvalue weighted by Gasteiger charge is -2.24. The molecule has 8 heteroatoms. The van der Waals surface area contributed by atoms with Crippen LogP contribution in [0.2, 0.25) is 0 Å². The Balaban J connectivity index is 2.20. The van der Waals surface area contributed by atoms with Crippen molar-refractivity contribution < 1.29 is 13.2 Å². The van der Waals surface area contributed by atoms with Gasteiger partial charge in [-0.1, -0.05) is 19.9 Å². The number of nitrogens with zero attached hydrogens (tertiary/aromatic N) is 4. The van der Waals surface area contributed by atoms with E-state index in [4.69, 9.17) is 5.73 Å². The minimum Gasteiger partial charge on any atom is -0.383 e. The Morgan fingerprint density at radius 1 is 1.21 bits per heavy atom. The SMILES string of the molecule is CC1C=C(c2c(C(F)(F)F)nn(-c3ncccn3)c2N)CC(C)C1. The van der Waals surface area contributed by atoms with Crippen molar-refractivity contribution in [3.63, 3.8) is 0 Å². The van der Waals surface area contributed by atoms with Crippen molar-refractivity contribution in [2.45, 2.75) is 32.9 Å². The Morgan fingerprint density at radius 3 is 2.46 bits per heavy atom. The number of nitrogens with two attached hydrogens (primary N) is 1. The molecule has 2 aromatic rings. The van der Waals surface area contributed by atoms with Crippen molar-refractivity contribution in [1.29, 1.82) is 0 Å². The zero-order valence-electron chi connectivity index (χ0n) is 13.4. The summed E-state index contributed by atoms with van der Waals surface area (Å²) in [4.78, 5) is 7.89. The van der Waals surface area contributed by atoms with E-state index in [0.29, 0.717) is 12.0 Å². The van der Waals surface area contributed by atoms with Gasteiger partial charge in [-0.25, -0.2) is 9.97 Å². The highest BCUT2D eigenvalue weighted by Crippen LogP contribution is 2.42. The first kappa shape index (κ1) is 16.5. The molecule has 0 spiro atoms. The fourth-order valence-corrected chi connectivity index (χ4v) is 3.26. The molecule has 128 valence electrons. The molecule has 2 aromatic heterocycles. The molecule has 2 heterocycles. The molecule has 0 fully saturated rings. The Labute approximate surface area is 137 Å². The molecule has 2 N–H and O–H groups in total. The van der Waals surface area contributed by atoms with Crippen molar-refractivity contribution in [3.8, 4) is 5.95 Å². The summed E-state index contributed by atoms with van der Waals surface area (Å²) in [7, 11) is 0. The standard InChI is InChI=1S/C16H18F3N5/c1-9-6-10(2)8-11(7-9)12-13(16(17,18)19)23-24(14(12)20)15-21-4-3-5-22-15/h3-5,7,9-10H,6,8,20H2,1-2H3. The lowest BCUT2D eigenvalue weighted by Crippen LogP contribution is -2.14. The van der Waals surface area contributed by atoms with Crippen LogP contribution >= 0.6 is 0 Å². The molecule has 2 atom stereocenters. The fourth-order valence-electron chi connectivity index (χ4n) is 3.26. The van der Waals surface area contributed by atoms with E-state index < -0.39 is 11.9 Å². The van der Waals surface area contributed by atoms with E-state index in [-0.39, 0.29) is 29.2 Å². The molecule has 0 aliphatic heterocycles. The van der Waals surface area contributed by atoms with Crippen LogP contribution in [0.4, 0.5) is 19.0 Å². The Morgan fingerprint density at radius 2 is 1.88 bits per heavy atom. The number of nitrogen functional groups attached to an aromatic ring is 1. The van der Waals surface area contributed by atoms with Gasteiger partial charge in [0.15, 0.2) is 5.69 Å². The molecule has 0 amide bonds. The van der Waals surface area contributed by atoms with E-state index in [9.17, 15) is 13.2 Å². The number of hydrogen-bond donors (Lipinski definition) is 1. The largest absolute Gasteiger partial charge is 0.435 e. The highest BCUT2D eigenvalue weighted by Gasteiger charge is 2.41. The number of alkyl halides is 3. The van der Waals surface area contributed by atoms with Crippen molar-refractivity contribution in [2.24, 2.45) is 11.8 Å². The Kier molecular flexibility index (Phi) is 4.06. The number of halogens is 3. The lowest BCUT2D eigenvalue weighted by atomic mass is 9.81. The molecule has 0 radical (unpaired) electrons. The monoisotopic (exact) mass is 337 g/mol. The summed E-state index contributed by atoms with van der Waals surface area (Å²) in [6.45, 7) is 4.02. The van der Waals surface area contributed by atoms with Gasteiger partial charge in [-0.3, -0.25) is 0 Å². The molecular formula is C16H18F3N5. The van der Waals surface area contributed by atoms with E-state index in [1.165, 1.54) is 12.4 Å². The van der Waals surface area contributed by atoms with Crippen LogP contribution in [0.25, 0.3) is 11.5 Å². The maximum atomic E-state index is 13.5. The van der Waals surface area contributed by atoms with Crippen LogP contribution in [0.15, 0.2) is 24.5 Å². The number of anilines is 1. The van der Waals surface area contributed by atoms with Gasteiger partial charge < -0.3 is 5.73 Å². The van der Waals surface area contributed by atoms with Crippen LogP contribution in [0.1, 0.15) is 37.9 Å². The molecule has 5 nitrogen and oxygen atoms in total. The van der Waals surface area contributed by atoms with Crippen LogP contribution in [-0.4, -0.2) is 19.7 Å². The molecular weight excluding hydrogens is 319 g/mol. The van der Waals surface area contributed by atoms with E-state index >= 15 is 0 Å². The average Bonchev–Trinajstić information content (AvgIpc) is 2.85. The Hall–Kier alpha value is -2.38. The van der Waals surface area contributed by atoms with Crippen LogP contribution in [0.3, 0.4) is 0 Å². The second-order valence-corrected chi connectivity index (χ2v) is 6.28. The molecule has 0 bridgehead atoms. The van der Waals surface area contributed by atoms with Gasteiger partial charge in [-0.15, -0.1) is 0 Å². The number of aromatic nitrogens is 4. The summed E-state index contributed by atoms with van der Waals surface area (Å²) in [5, 5.41) is 3.68. The summed E-state index contributed by atoms with van der Waals surface area (Å²) in [6, 6.07) is 1.57. The maximum Gasteiger partial charge on any atom is 0.435 e. The van der Waals surface area contributed by atoms with Crippen LogP contribution in [0, 0.1) is 11.8 Å². The third-order valence-electron chi connectivity index (χ3n) is 4.08. The third-order valence-corrected chi connectivity index (χ3v) is 4.08. The fraction of sp³-hybridized carbons (Fsp3) is 0.438. The first-order chi connectivity index (χ1) is 11.3. The maximum absolute atomic E-state index is 13.5. The molecule has 1 aliphatic carbocycles. The first-order valence-corrected chi connectivity index (χ1v) is 7.71. The summed E-state index contributed by atoms with van der Waals surface area (Å²) < 4.78 is 41.5. The van der Waals surface area contributed by atoms with Gasteiger partial charge in [0.05, 0.1) is 5.56 Å². The normalized spacial score (nSPS) is 21.6. The predicted octanol–water partition coefficient (Wildman–Crippen LogP) is 3.71. The van der Waals surface area contributed by atoms with Crippen molar-refractivity contribution >= 4 is 11.4 Å². The van der Waals surface area contributed by atoms with E-state index in [0.717, 1.165) is 11.1 Å². The lowest BCUT2D eigenvalue weighted by molar-refractivity contribution is -0.141. The zero-order valence-corrected chi connectivity index (χ0v) is 13.4. The molecule has 2 unspecified atom stereocenters. The summed E-state index contributed by atoms with van der Waals surface area (Å²) >= 11 is 0. The third kappa shape index (κ3) is 3.00. The van der Waals surface area contributed by atoms with Gasteiger partial charge >= 0.3 is 6.18 Å². The van der Waals surface area contributed by atoms with Crippen LogP contribution < -0.4 is 5.73 Å². The highest BCUT2D eigenvalue weighted by molar-refractivity contribution is 5.77. The Bertz CT molecular complexity index is 764. The topological polar surface area (TPSA) is 69.6 Å². The molecule has 0 saturated carbocycles. The van der Waals surface area contributed by atoms with Gasteiger partial charge in [-0.2, -0.15) is 23.0 Å². The van der Waals surface area contributed by atoms with Gasteiger partial charge in [0.1, 0.15) is 5.82 Å². The quantitative estimate of drug-likeness (QED) is 0.907. The average molecular weight is 337 g/mol. The van der Waals surface area contributed by atoms with E-state index in [2.05, 4.69) is 15.1 Å². The smallest absolute Gasteiger partial charge is 0.383 e. The molecule has 0 saturated heterocycles. The van der Waals surface area contributed by atoms with Crippen LogP contribution in [0.5, 0.6) is 0 Å². The molecule has 3 rings (SSSR count). The summed E-state index contributed by atoms with van der Waals surface area (Å²) in [5.41, 5.74) is 5.59. The van der Waals surface area contributed by atoms with Gasteiger partial charge in [-0.05, 0) is 36.3 Å². The highest BCUT2D eigenvalue weighted by atomic mass is 19.4. The molecule has 24 heavy (non-hydrogen) atoms. The summed E-state index contributed by atoms with van der Waals surface area (Å²) in [6.07, 6.45) is 1.60. The summed E-state index contributed by atoms with van der Waals surface area (Å²) in [5.74, 6) is 0.419.